The van der Waals surface area contributed by atoms with Gasteiger partial charge in [0.25, 0.3) is 0 Å². The maximum atomic E-state index is 10.1. The normalized spacial score (nSPS) is 11.2. The van der Waals surface area contributed by atoms with Crippen molar-refractivity contribution in [2.75, 3.05) is 0 Å². The molecular weight excluding hydrogens is 607 g/mol. The maximum absolute atomic E-state index is 10.1. The van der Waals surface area contributed by atoms with Gasteiger partial charge in [-0.15, -0.1) is 0 Å². The van der Waals surface area contributed by atoms with Gasteiger partial charge in [-0.2, -0.15) is 5.26 Å². The Balaban J connectivity index is 1.29. The zero-order chi connectivity index (χ0) is 33.6. The molecule has 9 rings (SSSR count). The third kappa shape index (κ3) is 4.65. The molecule has 3 nitrogen and oxygen atoms in total. The van der Waals surface area contributed by atoms with Gasteiger partial charge < -0.3 is 4.57 Å². The van der Waals surface area contributed by atoms with Gasteiger partial charge in [0.2, 0.25) is 0 Å². The summed E-state index contributed by atoms with van der Waals surface area (Å²) < 4.78 is 2.31. The lowest BCUT2D eigenvalue weighted by molar-refractivity contribution is 1.18. The fourth-order valence-corrected chi connectivity index (χ4v) is 7.78. The minimum absolute atomic E-state index is 0.478. The standard InChI is InChI=1S/C47H29N3/c1-49-44-27-31(30-48)26-41(33-16-13-17-34(28-33)50-45-24-11-9-20-37(45)38-21-10-12-25-46(38)50)43(44)29-42-35-18-5-7-22-39(35)47(32-14-3-2-4-15-32)40-23-8-6-19-36(40)42/h2-28H,29H2. The maximum Gasteiger partial charge on any atom is 0.192 e. The molecule has 0 bridgehead atoms. The molecule has 0 fully saturated rings. The van der Waals surface area contributed by atoms with Gasteiger partial charge in [-0.1, -0.05) is 127 Å². The van der Waals surface area contributed by atoms with Crippen LogP contribution in [0.5, 0.6) is 0 Å². The van der Waals surface area contributed by atoms with Crippen molar-refractivity contribution in [2.24, 2.45) is 0 Å². The highest BCUT2D eigenvalue weighted by Gasteiger charge is 2.20. The van der Waals surface area contributed by atoms with Crippen molar-refractivity contribution in [3.8, 4) is 34.0 Å². The van der Waals surface area contributed by atoms with Crippen molar-refractivity contribution in [3.63, 3.8) is 0 Å². The van der Waals surface area contributed by atoms with Crippen molar-refractivity contribution >= 4 is 49.0 Å². The zero-order valence-corrected chi connectivity index (χ0v) is 27.1. The van der Waals surface area contributed by atoms with E-state index in [1.54, 1.807) is 6.07 Å². The molecule has 50 heavy (non-hydrogen) atoms. The van der Waals surface area contributed by atoms with Crippen LogP contribution in [0.4, 0.5) is 5.69 Å². The number of nitriles is 1. The number of nitrogens with zero attached hydrogens (tertiary/aromatic N) is 3. The Hall–Kier alpha value is -6.94. The molecule has 1 heterocycles. The minimum Gasteiger partial charge on any atom is -0.309 e. The highest BCUT2D eigenvalue weighted by atomic mass is 15.0. The summed E-state index contributed by atoms with van der Waals surface area (Å²) in [6.07, 6.45) is 0.536. The summed E-state index contributed by atoms with van der Waals surface area (Å²) in [4.78, 5) is 4.03. The summed E-state index contributed by atoms with van der Waals surface area (Å²) in [7, 11) is 0. The predicted octanol–water partition coefficient (Wildman–Crippen LogP) is 12.4. The quantitative estimate of drug-likeness (QED) is 0.137. The molecule has 3 heteroatoms. The smallest absolute Gasteiger partial charge is 0.192 e. The lowest BCUT2D eigenvalue weighted by atomic mass is 9.84. The van der Waals surface area contributed by atoms with Gasteiger partial charge in [0, 0.05) is 22.0 Å². The van der Waals surface area contributed by atoms with Crippen LogP contribution in [0.3, 0.4) is 0 Å². The molecule has 0 amide bonds. The van der Waals surface area contributed by atoms with E-state index in [9.17, 15) is 5.26 Å². The van der Waals surface area contributed by atoms with Crippen molar-refractivity contribution in [1.82, 2.24) is 4.57 Å². The summed E-state index contributed by atoms with van der Waals surface area (Å²) in [6.45, 7) is 8.30. The van der Waals surface area contributed by atoms with Crippen LogP contribution in [0.1, 0.15) is 16.7 Å². The second-order valence-electron chi connectivity index (χ2n) is 12.7. The Bertz CT molecular complexity index is 2750. The molecule has 0 aliphatic heterocycles. The Morgan fingerprint density at radius 1 is 0.520 bits per heavy atom. The van der Waals surface area contributed by atoms with E-state index in [1.807, 2.05) is 6.07 Å². The van der Waals surface area contributed by atoms with Crippen molar-refractivity contribution in [2.45, 2.75) is 6.42 Å². The Kier molecular flexibility index (Phi) is 6.98. The average Bonchev–Trinajstić information content (AvgIpc) is 3.52. The van der Waals surface area contributed by atoms with Gasteiger partial charge in [0.15, 0.2) is 5.69 Å². The number of hydrogen-bond donors (Lipinski definition) is 0. The predicted molar refractivity (Wildman–Crippen MR) is 207 cm³/mol. The molecule has 0 radical (unpaired) electrons. The monoisotopic (exact) mass is 635 g/mol. The van der Waals surface area contributed by atoms with Crippen LogP contribution in [-0.2, 0) is 6.42 Å². The van der Waals surface area contributed by atoms with E-state index in [-0.39, 0.29) is 0 Å². The first-order chi connectivity index (χ1) is 24.7. The number of benzene rings is 8. The van der Waals surface area contributed by atoms with E-state index < -0.39 is 0 Å². The van der Waals surface area contributed by atoms with E-state index in [2.05, 4.69) is 167 Å². The molecule has 0 saturated heterocycles. The molecule has 232 valence electrons. The van der Waals surface area contributed by atoms with Crippen LogP contribution in [0.2, 0.25) is 0 Å². The molecule has 0 saturated carbocycles. The summed E-state index contributed by atoms with van der Waals surface area (Å²) in [5, 5.41) is 17.2. The van der Waals surface area contributed by atoms with Gasteiger partial charge >= 0.3 is 0 Å². The fraction of sp³-hybridized carbons (Fsp3) is 0.0213. The second-order valence-corrected chi connectivity index (χ2v) is 12.7. The Morgan fingerprint density at radius 2 is 1.06 bits per heavy atom. The molecule has 8 aromatic carbocycles. The summed E-state index contributed by atoms with van der Waals surface area (Å²) >= 11 is 0. The molecule has 0 N–H and O–H groups in total. The largest absolute Gasteiger partial charge is 0.309 e. The van der Waals surface area contributed by atoms with Crippen LogP contribution < -0.4 is 0 Å². The third-order valence-electron chi connectivity index (χ3n) is 9.93. The molecule has 1 aromatic heterocycles. The minimum atomic E-state index is 0.478. The summed E-state index contributed by atoms with van der Waals surface area (Å²) in [5.74, 6) is 0. The second kappa shape index (κ2) is 11.9. The number of aromatic nitrogens is 1. The molecule has 0 aliphatic rings. The van der Waals surface area contributed by atoms with Crippen LogP contribution >= 0.6 is 0 Å². The van der Waals surface area contributed by atoms with Crippen molar-refractivity contribution < 1.29 is 0 Å². The number of hydrogen-bond acceptors (Lipinski definition) is 1. The number of para-hydroxylation sites is 2. The van der Waals surface area contributed by atoms with Crippen molar-refractivity contribution in [1.29, 1.82) is 5.26 Å². The lowest BCUT2D eigenvalue weighted by Gasteiger charge is -2.20. The molecule has 0 spiro atoms. The highest BCUT2D eigenvalue weighted by Crippen LogP contribution is 2.43. The average molecular weight is 636 g/mol. The van der Waals surface area contributed by atoms with Crippen LogP contribution in [0.15, 0.2) is 164 Å². The van der Waals surface area contributed by atoms with Crippen LogP contribution in [0, 0.1) is 17.9 Å². The van der Waals surface area contributed by atoms with Gasteiger partial charge in [-0.25, -0.2) is 4.85 Å². The van der Waals surface area contributed by atoms with E-state index >= 15 is 0 Å². The lowest BCUT2D eigenvalue weighted by Crippen LogP contribution is -1.99. The van der Waals surface area contributed by atoms with Gasteiger partial charge in [-0.3, -0.25) is 0 Å². The Morgan fingerprint density at radius 3 is 1.66 bits per heavy atom. The molecular formula is C47H29N3. The fourth-order valence-electron chi connectivity index (χ4n) is 7.78. The molecule has 9 aromatic rings. The van der Waals surface area contributed by atoms with E-state index in [1.165, 1.54) is 38.2 Å². The highest BCUT2D eigenvalue weighted by molar-refractivity contribution is 6.15. The Labute approximate surface area is 290 Å². The van der Waals surface area contributed by atoms with Gasteiger partial charge in [0.05, 0.1) is 23.7 Å². The van der Waals surface area contributed by atoms with Crippen LogP contribution in [0.25, 0.3) is 76.1 Å². The van der Waals surface area contributed by atoms with Crippen molar-refractivity contribution in [3.05, 3.63) is 192 Å². The first kappa shape index (κ1) is 29.2. The van der Waals surface area contributed by atoms with E-state index in [0.717, 1.165) is 44.2 Å². The SMILES string of the molecule is [C-]#[N+]c1cc(C#N)cc(-c2cccc(-n3c4ccccc4c4ccccc43)c2)c1Cc1c2ccccc2c(-c2ccccc2)c2ccccc12. The first-order valence-corrected chi connectivity index (χ1v) is 16.7. The number of fused-ring (bicyclic) bond motifs is 5. The topological polar surface area (TPSA) is 33.1 Å². The molecule has 0 atom stereocenters. The van der Waals surface area contributed by atoms with Gasteiger partial charge in [-0.05, 0) is 97.7 Å². The van der Waals surface area contributed by atoms with E-state index in [4.69, 9.17) is 6.57 Å². The van der Waals surface area contributed by atoms with E-state index in [0.29, 0.717) is 17.7 Å². The molecule has 0 aliphatic carbocycles. The van der Waals surface area contributed by atoms with Crippen LogP contribution in [-0.4, -0.2) is 4.57 Å². The first-order valence-electron chi connectivity index (χ1n) is 16.7. The number of rotatable bonds is 5. The third-order valence-corrected chi connectivity index (χ3v) is 9.93. The zero-order valence-electron chi connectivity index (χ0n) is 27.1. The summed E-state index contributed by atoms with van der Waals surface area (Å²) in [5.41, 5.74) is 10.6. The molecule has 0 unspecified atom stereocenters. The summed E-state index contributed by atoms with van der Waals surface area (Å²) in [6, 6.07) is 59.3. The van der Waals surface area contributed by atoms with Gasteiger partial charge in [0.1, 0.15) is 0 Å².